The van der Waals surface area contributed by atoms with E-state index in [2.05, 4.69) is 25.8 Å². The van der Waals surface area contributed by atoms with E-state index in [9.17, 15) is 0 Å². The zero-order valence-corrected chi connectivity index (χ0v) is 6.14. The summed E-state index contributed by atoms with van der Waals surface area (Å²) in [5.74, 6) is 0. The molecule has 0 heterocycles. The smallest absolute Gasteiger partial charge is 0.00340 e. The Kier molecular flexibility index (Phi) is 5.03. The van der Waals surface area contributed by atoms with Crippen molar-refractivity contribution in [3.63, 3.8) is 0 Å². The molecule has 0 spiro atoms. The maximum absolute atomic E-state index is 4.06. The molecule has 0 aromatic carbocycles. The zero-order chi connectivity index (χ0) is 7.11. The molecule has 0 aromatic rings. The van der Waals surface area contributed by atoms with E-state index in [-0.39, 0.29) is 0 Å². The maximum Gasteiger partial charge on any atom is 0.00340 e. The molecule has 0 aliphatic rings. The summed E-state index contributed by atoms with van der Waals surface area (Å²) in [7, 11) is 0. The van der Waals surface area contributed by atoms with Gasteiger partial charge in [0.2, 0.25) is 0 Å². The molecule has 0 atom stereocenters. The predicted molar refractivity (Wildman–Crippen MR) is 46.6 cm³/mol. The second-order valence-corrected chi connectivity index (χ2v) is 1.93. The lowest BCUT2D eigenvalue weighted by molar-refractivity contribution is 1.88. The molecule has 48 valence electrons. The van der Waals surface area contributed by atoms with Gasteiger partial charge in [0, 0.05) is 4.91 Å². The molecular formula is C8H10S. The molecule has 0 rings (SSSR count). The summed E-state index contributed by atoms with van der Waals surface area (Å²) in [5.41, 5.74) is 0. The van der Waals surface area contributed by atoms with Gasteiger partial charge in [0.25, 0.3) is 0 Å². The number of allylic oxidation sites excluding steroid dienone is 5. The minimum atomic E-state index is 0.855. The van der Waals surface area contributed by atoms with Crippen molar-refractivity contribution in [1.29, 1.82) is 0 Å². The second kappa shape index (κ2) is 5.45. The van der Waals surface area contributed by atoms with Crippen LogP contribution in [0.2, 0.25) is 0 Å². The van der Waals surface area contributed by atoms with Gasteiger partial charge in [-0.2, -0.15) is 0 Å². The van der Waals surface area contributed by atoms with Crippen molar-refractivity contribution in [2.75, 3.05) is 0 Å². The summed E-state index contributed by atoms with van der Waals surface area (Å²) < 4.78 is 0. The average molecular weight is 138 g/mol. The molecule has 0 nitrogen and oxygen atoms in total. The highest BCUT2D eigenvalue weighted by Crippen LogP contribution is 1.99. The average Bonchev–Trinajstić information content (AvgIpc) is 1.89. The van der Waals surface area contributed by atoms with E-state index in [1.807, 2.05) is 18.2 Å². The first-order valence-corrected chi connectivity index (χ1v) is 3.06. The van der Waals surface area contributed by atoms with Crippen molar-refractivity contribution in [3.05, 3.63) is 48.4 Å². The summed E-state index contributed by atoms with van der Waals surface area (Å²) >= 11 is 4.06. The first-order chi connectivity index (χ1) is 4.31. The molecular weight excluding hydrogens is 128 g/mol. The third-order valence-electron chi connectivity index (χ3n) is 0.723. The van der Waals surface area contributed by atoms with Gasteiger partial charge in [-0.05, 0) is 6.08 Å². The summed E-state index contributed by atoms with van der Waals surface area (Å²) in [6.07, 6.45) is 8.92. The molecule has 0 unspecified atom stereocenters. The quantitative estimate of drug-likeness (QED) is 0.450. The van der Waals surface area contributed by atoms with E-state index < -0.39 is 0 Å². The molecule has 9 heavy (non-hydrogen) atoms. The minimum Gasteiger partial charge on any atom is -0.143 e. The van der Waals surface area contributed by atoms with E-state index in [1.54, 1.807) is 12.2 Å². The van der Waals surface area contributed by atoms with Crippen molar-refractivity contribution in [1.82, 2.24) is 0 Å². The number of rotatable bonds is 3. The van der Waals surface area contributed by atoms with Gasteiger partial charge in [-0.15, -0.1) is 12.6 Å². The molecule has 1 heteroatoms. The van der Waals surface area contributed by atoms with Crippen molar-refractivity contribution in [2.45, 2.75) is 0 Å². The van der Waals surface area contributed by atoms with Gasteiger partial charge >= 0.3 is 0 Å². The number of thiol groups is 1. The van der Waals surface area contributed by atoms with Crippen LogP contribution in [-0.2, 0) is 0 Å². The topological polar surface area (TPSA) is 0 Å². The van der Waals surface area contributed by atoms with Crippen LogP contribution in [0.15, 0.2) is 48.4 Å². The maximum atomic E-state index is 4.06. The van der Waals surface area contributed by atoms with Crippen molar-refractivity contribution in [3.8, 4) is 0 Å². The van der Waals surface area contributed by atoms with Crippen LogP contribution in [0, 0.1) is 0 Å². The van der Waals surface area contributed by atoms with Gasteiger partial charge in [-0.3, -0.25) is 0 Å². The molecule has 0 aliphatic heterocycles. The van der Waals surface area contributed by atoms with E-state index in [1.165, 1.54) is 0 Å². The highest BCUT2D eigenvalue weighted by Gasteiger charge is 1.72. The Balaban J connectivity index is 3.81. The Bertz CT molecular complexity index is 152. The van der Waals surface area contributed by atoms with Gasteiger partial charge in [-0.1, -0.05) is 37.5 Å². The Labute approximate surface area is 61.7 Å². The van der Waals surface area contributed by atoms with Crippen LogP contribution < -0.4 is 0 Å². The lowest BCUT2D eigenvalue weighted by Crippen LogP contribution is -1.56. The fourth-order valence-corrected chi connectivity index (χ4v) is 0.387. The molecule has 0 saturated carbocycles. The third kappa shape index (κ3) is 5.18. The monoisotopic (exact) mass is 138 g/mol. The Morgan fingerprint density at radius 3 is 2.33 bits per heavy atom. The first kappa shape index (κ1) is 8.31. The van der Waals surface area contributed by atoms with Gasteiger partial charge in [-0.25, -0.2) is 0 Å². The second-order valence-electron chi connectivity index (χ2n) is 1.42. The Morgan fingerprint density at radius 1 is 1.22 bits per heavy atom. The minimum absolute atomic E-state index is 0.855. The first-order valence-electron chi connectivity index (χ1n) is 2.62. The van der Waals surface area contributed by atoms with Crippen LogP contribution >= 0.6 is 12.6 Å². The third-order valence-corrected chi connectivity index (χ3v) is 1.05. The molecule has 0 N–H and O–H groups in total. The van der Waals surface area contributed by atoms with Gasteiger partial charge in [0.15, 0.2) is 0 Å². The summed E-state index contributed by atoms with van der Waals surface area (Å²) in [6.45, 7) is 7.05. The van der Waals surface area contributed by atoms with E-state index >= 15 is 0 Å². The fourth-order valence-electron chi connectivity index (χ4n) is 0.301. The van der Waals surface area contributed by atoms with Crippen LogP contribution in [-0.4, -0.2) is 0 Å². The largest absolute Gasteiger partial charge is 0.143 e. The number of hydrogen-bond donors (Lipinski definition) is 1. The predicted octanol–water partition coefficient (Wildman–Crippen LogP) is 2.73. The van der Waals surface area contributed by atoms with E-state index in [0.717, 1.165) is 4.91 Å². The van der Waals surface area contributed by atoms with Gasteiger partial charge in [0.05, 0.1) is 0 Å². The highest BCUT2D eigenvalue weighted by molar-refractivity contribution is 7.84. The molecule has 0 radical (unpaired) electrons. The van der Waals surface area contributed by atoms with E-state index in [0.29, 0.717) is 0 Å². The summed E-state index contributed by atoms with van der Waals surface area (Å²) in [4.78, 5) is 0.855. The van der Waals surface area contributed by atoms with Crippen molar-refractivity contribution >= 4 is 12.6 Å². The van der Waals surface area contributed by atoms with Crippen LogP contribution in [0.1, 0.15) is 0 Å². The van der Waals surface area contributed by atoms with Crippen LogP contribution in [0.5, 0.6) is 0 Å². The van der Waals surface area contributed by atoms with Gasteiger partial charge < -0.3 is 0 Å². The van der Waals surface area contributed by atoms with Crippen molar-refractivity contribution in [2.24, 2.45) is 0 Å². The molecule has 0 amide bonds. The van der Waals surface area contributed by atoms with Crippen LogP contribution in [0.3, 0.4) is 0 Å². The molecule has 0 aromatic heterocycles. The number of hydrogen-bond acceptors (Lipinski definition) is 1. The Hall–Kier alpha value is -0.690. The van der Waals surface area contributed by atoms with Gasteiger partial charge in [0.1, 0.15) is 0 Å². The normalized spacial score (nSPS) is 11.9. The molecule has 0 aliphatic carbocycles. The lowest BCUT2D eigenvalue weighted by atomic mass is 10.4. The van der Waals surface area contributed by atoms with Crippen molar-refractivity contribution < 1.29 is 0 Å². The molecule has 0 saturated heterocycles. The lowest BCUT2D eigenvalue weighted by Gasteiger charge is -1.80. The van der Waals surface area contributed by atoms with Crippen LogP contribution in [0.25, 0.3) is 0 Å². The fraction of sp³-hybridized carbons (Fsp3) is 0. The standard InChI is InChI=1S/C8H10S/c1-3-5-6-7-8(9)4-2/h3-7,9H,1-2H2/b6-5-,8-7+. The SMILES string of the molecule is C=C/C=C\C=C(\S)C=C. The summed E-state index contributed by atoms with van der Waals surface area (Å²) in [6, 6.07) is 0. The molecule has 0 fully saturated rings. The highest BCUT2D eigenvalue weighted by atomic mass is 32.1. The molecule has 0 bridgehead atoms. The van der Waals surface area contributed by atoms with E-state index in [4.69, 9.17) is 0 Å². The Morgan fingerprint density at radius 2 is 1.89 bits per heavy atom. The summed E-state index contributed by atoms with van der Waals surface area (Å²) in [5, 5.41) is 0. The zero-order valence-electron chi connectivity index (χ0n) is 5.25. The van der Waals surface area contributed by atoms with Crippen LogP contribution in [0.4, 0.5) is 0 Å².